The largest absolute Gasteiger partial charge is 0.481 e. The summed E-state index contributed by atoms with van der Waals surface area (Å²) in [5, 5.41) is 8.40. The number of halogens is 1. The molecule has 0 bridgehead atoms. The van der Waals surface area contributed by atoms with Crippen molar-refractivity contribution >= 4 is 17.6 Å². The molecule has 1 atom stereocenters. The molecule has 0 aliphatic carbocycles. The van der Waals surface area contributed by atoms with Crippen molar-refractivity contribution in [2.75, 3.05) is 0 Å². The van der Waals surface area contributed by atoms with Gasteiger partial charge in [-0.1, -0.05) is 12.2 Å². The van der Waals surface area contributed by atoms with Crippen LogP contribution in [0, 0.1) is 0 Å². The predicted octanol–water partition coefficient (Wildman–Crippen LogP) is 2.42. The average Bonchev–Trinajstić information content (AvgIpc) is 1.85. The molecular weight excluding hydrogens is 164 g/mol. The second-order valence-electron chi connectivity index (χ2n) is 2.42. The third-order valence-electron chi connectivity index (χ3n) is 1.15. The van der Waals surface area contributed by atoms with Gasteiger partial charge in [0.2, 0.25) is 0 Å². The number of carboxylic acids is 1. The Balaban J connectivity index is 3.23. The average molecular weight is 177 g/mol. The minimum atomic E-state index is -0.756. The van der Waals surface area contributed by atoms with Gasteiger partial charge in [0, 0.05) is 11.8 Å². The van der Waals surface area contributed by atoms with E-state index in [1.807, 2.05) is 19.1 Å². The van der Waals surface area contributed by atoms with Gasteiger partial charge in [-0.15, -0.1) is 11.6 Å². The van der Waals surface area contributed by atoms with Crippen LogP contribution in [0.2, 0.25) is 0 Å². The molecule has 2 nitrogen and oxygen atoms in total. The van der Waals surface area contributed by atoms with E-state index < -0.39 is 5.97 Å². The molecule has 0 aliphatic heterocycles. The van der Waals surface area contributed by atoms with Crippen LogP contribution < -0.4 is 0 Å². The molecule has 0 saturated carbocycles. The topological polar surface area (TPSA) is 37.3 Å². The molecule has 0 aromatic carbocycles. The molecule has 3 heteroatoms. The monoisotopic (exact) mass is 176 g/mol. The molecule has 0 saturated heterocycles. The van der Waals surface area contributed by atoms with Gasteiger partial charge in [-0.3, -0.25) is 4.79 Å². The van der Waals surface area contributed by atoms with Gasteiger partial charge in [-0.2, -0.15) is 0 Å². The smallest absolute Gasteiger partial charge is 0.303 e. The third kappa shape index (κ3) is 9.50. The number of allylic oxidation sites excluding steroid dienone is 2. The van der Waals surface area contributed by atoms with E-state index in [9.17, 15) is 4.79 Å². The number of aliphatic carboxylic acids is 1. The van der Waals surface area contributed by atoms with E-state index in [1.54, 1.807) is 0 Å². The lowest BCUT2D eigenvalue weighted by molar-refractivity contribution is -0.136. The van der Waals surface area contributed by atoms with Gasteiger partial charge in [0.25, 0.3) is 0 Å². The van der Waals surface area contributed by atoms with E-state index in [2.05, 4.69) is 0 Å². The van der Waals surface area contributed by atoms with E-state index in [0.717, 1.165) is 6.42 Å². The van der Waals surface area contributed by atoms with E-state index in [4.69, 9.17) is 16.7 Å². The summed E-state index contributed by atoms with van der Waals surface area (Å²) < 4.78 is 0. The van der Waals surface area contributed by atoms with Crippen LogP contribution in [-0.4, -0.2) is 16.5 Å². The highest BCUT2D eigenvalue weighted by Crippen LogP contribution is 2.01. The number of rotatable bonds is 5. The second kappa shape index (κ2) is 6.23. The van der Waals surface area contributed by atoms with Crippen molar-refractivity contribution in [1.82, 2.24) is 0 Å². The summed E-state index contributed by atoms with van der Waals surface area (Å²) >= 11 is 5.65. The molecule has 0 fully saturated rings. The standard InChI is InChI=1S/C8H13ClO2/c1-7(9)5-3-2-4-6-8(10)11/h2-3,7H,4-6H2,1H3,(H,10,11)/b3-2+. The molecule has 0 radical (unpaired) electrons. The Labute approximate surface area is 71.9 Å². The lowest BCUT2D eigenvalue weighted by Crippen LogP contribution is -1.92. The van der Waals surface area contributed by atoms with E-state index in [1.165, 1.54) is 0 Å². The zero-order valence-electron chi connectivity index (χ0n) is 6.59. The molecule has 0 aliphatic rings. The Morgan fingerprint density at radius 1 is 1.64 bits per heavy atom. The van der Waals surface area contributed by atoms with Crippen molar-refractivity contribution in [3.63, 3.8) is 0 Å². The maximum absolute atomic E-state index is 10.0. The summed E-state index contributed by atoms with van der Waals surface area (Å²) in [6.45, 7) is 1.91. The third-order valence-corrected chi connectivity index (χ3v) is 1.33. The quantitative estimate of drug-likeness (QED) is 0.516. The molecule has 11 heavy (non-hydrogen) atoms. The highest BCUT2D eigenvalue weighted by Gasteiger charge is 1.92. The van der Waals surface area contributed by atoms with Crippen LogP contribution >= 0.6 is 11.6 Å². The molecule has 0 heterocycles. The lowest BCUT2D eigenvalue weighted by atomic mass is 10.2. The molecule has 0 rings (SSSR count). The summed E-state index contributed by atoms with van der Waals surface area (Å²) in [5.74, 6) is -0.756. The summed E-state index contributed by atoms with van der Waals surface area (Å²) in [5.41, 5.74) is 0. The van der Waals surface area contributed by atoms with E-state index in [-0.39, 0.29) is 11.8 Å². The fourth-order valence-electron chi connectivity index (χ4n) is 0.608. The number of hydrogen-bond acceptors (Lipinski definition) is 1. The first kappa shape index (κ1) is 10.5. The first-order chi connectivity index (χ1) is 5.13. The molecule has 0 aromatic rings. The maximum atomic E-state index is 10.0. The van der Waals surface area contributed by atoms with Gasteiger partial charge < -0.3 is 5.11 Å². The summed E-state index contributed by atoms with van der Waals surface area (Å²) in [6.07, 6.45) is 5.38. The second-order valence-corrected chi connectivity index (χ2v) is 3.17. The van der Waals surface area contributed by atoms with Crippen molar-refractivity contribution in [3.05, 3.63) is 12.2 Å². The van der Waals surface area contributed by atoms with Gasteiger partial charge >= 0.3 is 5.97 Å². The minimum absolute atomic E-state index is 0.135. The van der Waals surface area contributed by atoms with Gasteiger partial charge in [0.1, 0.15) is 0 Å². The zero-order chi connectivity index (χ0) is 8.69. The van der Waals surface area contributed by atoms with Crippen LogP contribution in [0.1, 0.15) is 26.2 Å². The Kier molecular flexibility index (Phi) is 5.94. The van der Waals surface area contributed by atoms with Gasteiger partial charge in [-0.05, 0) is 19.8 Å². The number of carbonyl (C=O) groups is 1. The Morgan fingerprint density at radius 3 is 2.73 bits per heavy atom. The van der Waals surface area contributed by atoms with E-state index in [0.29, 0.717) is 6.42 Å². The highest BCUT2D eigenvalue weighted by atomic mass is 35.5. The zero-order valence-corrected chi connectivity index (χ0v) is 7.34. The molecule has 0 aromatic heterocycles. The summed E-state index contributed by atoms with van der Waals surface area (Å²) in [7, 11) is 0. The van der Waals surface area contributed by atoms with Gasteiger partial charge in [0.05, 0.1) is 0 Å². The highest BCUT2D eigenvalue weighted by molar-refractivity contribution is 6.20. The number of hydrogen-bond donors (Lipinski definition) is 1. The van der Waals surface area contributed by atoms with Crippen LogP contribution in [0.5, 0.6) is 0 Å². The first-order valence-corrected chi connectivity index (χ1v) is 4.07. The van der Waals surface area contributed by atoms with Crippen molar-refractivity contribution in [2.24, 2.45) is 0 Å². The Hall–Kier alpha value is -0.500. The van der Waals surface area contributed by atoms with Crippen molar-refractivity contribution in [1.29, 1.82) is 0 Å². The predicted molar refractivity (Wildman–Crippen MR) is 45.9 cm³/mol. The van der Waals surface area contributed by atoms with Crippen molar-refractivity contribution in [2.45, 2.75) is 31.6 Å². The van der Waals surface area contributed by atoms with Gasteiger partial charge in [-0.25, -0.2) is 0 Å². The fourth-order valence-corrected chi connectivity index (χ4v) is 0.711. The molecule has 0 amide bonds. The van der Waals surface area contributed by atoms with Crippen molar-refractivity contribution in [3.8, 4) is 0 Å². The lowest BCUT2D eigenvalue weighted by Gasteiger charge is -1.93. The molecular formula is C8H13ClO2. The van der Waals surface area contributed by atoms with Crippen LogP contribution in [0.4, 0.5) is 0 Å². The van der Waals surface area contributed by atoms with Crippen LogP contribution in [0.25, 0.3) is 0 Å². The molecule has 0 spiro atoms. The van der Waals surface area contributed by atoms with Gasteiger partial charge in [0.15, 0.2) is 0 Å². The Morgan fingerprint density at radius 2 is 2.27 bits per heavy atom. The van der Waals surface area contributed by atoms with Crippen molar-refractivity contribution < 1.29 is 9.90 Å². The molecule has 1 unspecified atom stereocenters. The maximum Gasteiger partial charge on any atom is 0.303 e. The normalized spacial score (nSPS) is 13.6. The number of alkyl halides is 1. The molecule has 64 valence electrons. The minimum Gasteiger partial charge on any atom is -0.481 e. The summed E-state index contributed by atoms with van der Waals surface area (Å²) in [4.78, 5) is 10.0. The number of carboxylic acid groups (broad SMARTS) is 1. The summed E-state index contributed by atoms with van der Waals surface area (Å²) in [6, 6.07) is 0. The SMILES string of the molecule is CC(Cl)C/C=C/CCC(=O)O. The van der Waals surface area contributed by atoms with Crippen LogP contribution in [0.3, 0.4) is 0 Å². The molecule has 1 N–H and O–H groups in total. The van der Waals surface area contributed by atoms with Crippen LogP contribution in [-0.2, 0) is 4.79 Å². The fraction of sp³-hybridized carbons (Fsp3) is 0.625. The van der Waals surface area contributed by atoms with Crippen LogP contribution in [0.15, 0.2) is 12.2 Å². The first-order valence-electron chi connectivity index (χ1n) is 3.63. The Bertz CT molecular complexity index is 141. The van der Waals surface area contributed by atoms with E-state index >= 15 is 0 Å².